The van der Waals surface area contributed by atoms with Gasteiger partial charge < -0.3 is 9.47 Å². The molecule has 0 fully saturated rings. The summed E-state index contributed by atoms with van der Waals surface area (Å²) in [6.07, 6.45) is 3.55. The van der Waals surface area contributed by atoms with Crippen LogP contribution in [0.15, 0.2) is 97.1 Å². The van der Waals surface area contributed by atoms with Gasteiger partial charge in [0.25, 0.3) is 0 Å². The van der Waals surface area contributed by atoms with Crippen molar-refractivity contribution >= 4 is 0 Å². The second kappa shape index (κ2) is 13.3. The lowest BCUT2D eigenvalue weighted by Crippen LogP contribution is -2.00. The largest absolute Gasteiger partial charge is 0.495 e. The van der Waals surface area contributed by atoms with Crippen molar-refractivity contribution in [2.45, 2.75) is 46.6 Å². The highest BCUT2D eigenvalue weighted by Gasteiger charge is 2.15. The van der Waals surface area contributed by atoms with E-state index in [2.05, 4.69) is 91.9 Å². The molecule has 0 amide bonds. The van der Waals surface area contributed by atoms with Crippen molar-refractivity contribution in [2.75, 3.05) is 7.11 Å². The van der Waals surface area contributed by atoms with Crippen molar-refractivity contribution in [3.05, 3.63) is 108 Å². The third-order valence-corrected chi connectivity index (χ3v) is 5.67. The van der Waals surface area contributed by atoms with E-state index in [1.54, 1.807) is 7.11 Å². The highest BCUT2D eigenvalue weighted by molar-refractivity contribution is 5.83. The quantitative estimate of drug-likeness (QED) is 0.252. The van der Waals surface area contributed by atoms with Crippen molar-refractivity contribution in [2.24, 2.45) is 0 Å². The van der Waals surface area contributed by atoms with Crippen LogP contribution in [-0.4, -0.2) is 7.11 Å². The molecular formula is C32H36O2. The molecule has 0 aliphatic rings. The minimum absolute atomic E-state index is 0.498. The van der Waals surface area contributed by atoms with Crippen LogP contribution in [0.1, 0.15) is 44.7 Å². The Labute approximate surface area is 205 Å². The molecule has 0 aliphatic carbocycles. The number of hydrogen-bond acceptors (Lipinski definition) is 2. The Kier molecular flexibility index (Phi) is 9.79. The van der Waals surface area contributed by atoms with Crippen molar-refractivity contribution in [3.8, 4) is 33.8 Å². The molecule has 2 nitrogen and oxygen atoms in total. The Hall–Kier alpha value is -3.52. The topological polar surface area (TPSA) is 18.5 Å². The van der Waals surface area contributed by atoms with Gasteiger partial charge in [-0.25, -0.2) is 0 Å². The summed E-state index contributed by atoms with van der Waals surface area (Å²) in [6.45, 7) is 6.72. The maximum atomic E-state index is 6.17. The summed E-state index contributed by atoms with van der Waals surface area (Å²) >= 11 is 0. The average molecular weight is 453 g/mol. The first-order valence-electron chi connectivity index (χ1n) is 12.3. The van der Waals surface area contributed by atoms with Gasteiger partial charge in [-0.1, -0.05) is 100.0 Å². The van der Waals surface area contributed by atoms with Crippen LogP contribution >= 0.6 is 0 Å². The lowest BCUT2D eigenvalue weighted by atomic mass is 9.94. The SMILES string of the molecule is CC.CCCCc1ccc(OCc2cc(-c3ccccc3)c(OC)c(-c3ccccc3)c2)cc1. The van der Waals surface area contributed by atoms with Crippen LogP contribution in [-0.2, 0) is 13.0 Å². The minimum atomic E-state index is 0.498. The fourth-order valence-electron chi connectivity index (χ4n) is 3.96. The van der Waals surface area contributed by atoms with E-state index in [0.717, 1.165) is 45.7 Å². The molecule has 0 saturated carbocycles. The van der Waals surface area contributed by atoms with E-state index in [1.165, 1.54) is 18.4 Å². The van der Waals surface area contributed by atoms with Crippen molar-refractivity contribution in [1.29, 1.82) is 0 Å². The van der Waals surface area contributed by atoms with E-state index in [0.29, 0.717) is 6.61 Å². The number of ether oxygens (including phenoxy) is 2. The number of methoxy groups -OCH3 is 1. The van der Waals surface area contributed by atoms with Crippen LogP contribution in [0.2, 0.25) is 0 Å². The number of rotatable bonds is 9. The van der Waals surface area contributed by atoms with Gasteiger partial charge >= 0.3 is 0 Å². The molecule has 0 radical (unpaired) electrons. The van der Waals surface area contributed by atoms with E-state index in [9.17, 15) is 0 Å². The molecule has 176 valence electrons. The molecule has 2 heteroatoms. The van der Waals surface area contributed by atoms with Gasteiger partial charge in [-0.05, 0) is 59.4 Å². The summed E-state index contributed by atoms with van der Waals surface area (Å²) in [5, 5.41) is 0. The number of hydrogen-bond donors (Lipinski definition) is 0. The van der Waals surface area contributed by atoms with Gasteiger partial charge in [0, 0.05) is 11.1 Å². The Bertz CT molecular complexity index is 1060. The lowest BCUT2D eigenvalue weighted by molar-refractivity contribution is 0.306. The summed E-state index contributed by atoms with van der Waals surface area (Å²) in [5.41, 5.74) is 6.87. The molecule has 0 aliphatic heterocycles. The van der Waals surface area contributed by atoms with E-state index < -0.39 is 0 Å². The second-order valence-corrected chi connectivity index (χ2v) is 7.99. The predicted molar refractivity (Wildman–Crippen MR) is 145 cm³/mol. The standard InChI is InChI=1S/C30H30O2.C2H6/c1-3-4-11-23-16-18-27(19-17-23)32-22-24-20-28(25-12-7-5-8-13-25)30(31-2)29(21-24)26-14-9-6-10-15-26;1-2/h5-10,12-21H,3-4,11,22H2,1-2H3;1-2H3. The van der Waals surface area contributed by atoms with Gasteiger partial charge in [-0.15, -0.1) is 0 Å². The number of aryl methyl sites for hydroxylation is 1. The number of benzene rings is 4. The van der Waals surface area contributed by atoms with Gasteiger partial charge in [0.2, 0.25) is 0 Å². The van der Waals surface area contributed by atoms with E-state index in [-0.39, 0.29) is 0 Å². The monoisotopic (exact) mass is 452 g/mol. The molecule has 34 heavy (non-hydrogen) atoms. The highest BCUT2D eigenvalue weighted by atomic mass is 16.5. The third-order valence-electron chi connectivity index (χ3n) is 5.67. The first-order chi connectivity index (χ1) is 16.8. The van der Waals surface area contributed by atoms with Crippen LogP contribution in [0, 0.1) is 0 Å². The summed E-state index contributed by atoms with van der Waals surface area (Å²) in [5.74, 6) is 1.77. The van der Waals surface area contributed by atoms with Gasteiger partial charge in [0.1, 0.15) is 18.1 Å². The van der Waals surface area contributed by atoms with Crippen molar-refractivity contribution < 1.29 is 9.47 Å². The fourth-order valence-corrected chi connectivity index (χ4v) is 3.96. The van der Waals surface area contributed by atoms with Crippen LogP contribution in [0.3, 0.4) is 0 Å². The molecule has 0 unspecified atom stereocenters. The zero-order valence-corrected chi connectivity index (χ0v) is 20.9. The first kappa shape index (κ1) is 25.1. The van der Waals surface area contributed by atoms with E-state index >= 15 is 0 Å². The summed E-state index contributed by atoms with van der Waals surface area (Å²) in [6, 6.07) is 33.6. The molecule has 0 atom stereocenters. The van der Waals surface area contributed by atoms with Gasteiger partial charge in [-0.3, -0.25) is 0 Å². The highest BCUT2D eigenvalue weighted by Crippen LogP contribution is 2.40. The van der Waals surface area contributed by atoms with E-state index in [4.69, 9.17) is 9.47 Å². The summed E-state index contributed by atoms with van der Waals surface area (Å²) < 4.78 is 12.1. The van der Waals surface area contributed by atoms with Crippen molar-refractivity contribution in [3.63, 3.8) is 0 Å². The molecule has 0 saturated heterocycles. The van der Waals surface area contributed by atoms with Gasteiger partial charge in [0.15, 0.2) is 0 Å². The summed E-state index contributed by atoms with van der Waals surface area (Å²) in [7, 11) is 1.74. The summed E-state index contributed by atoms with van der Waals surface area (Å²) in [4.78, 5) is 0. The molecule has 0 spiro atoms. The maximum Gasteiger partial charge on any atom is 0.134 e. The zero-order valence-electron chi connectivity index (χ0n) is 20.9. The third kappa shape index (κ3) is 6.51. The normalized spacial score (nSPS) is 10.2. The van der Waals surface area contributed by atoms with Crippen LogP contribution in [0.4, 0.5) is 0 Å². The molecule has 0 heterocycles. The van der Waals surface area contributed by atoms with Crippen LogP contribution in [0.5, 0.6) is 11.5 Å². The smallest absolute Gasteiger partial charge is 0.134 e. The number of unbranched alkanes of at least 4 members (excludes halogenated alkanes) is 1. The molecule has 4 rings (SSSR count). The van der Waals surface area contributed by atoms with Crippen LogP contribution in [0.25, 0.3) is 22.3 Å². The first-order valence-corrected chi connectivity index (χ1v) is 12.3. The molecule has 0 bridgehead atoms. The zero-order chi connectivity index (χ0) is 24.2. The van der Waals surface area contributed by atoms with Gasteiger partial charge in [-0.2, -0.15) is 0 Å². The Balaban J connectivity index is 0.00000158. The molecule has 4 aromatic rings. The Morgan fingerprint density at radius 1 is 0.647 bits per heavy atom. The van der Waals surface area contributed by atoms with Crippen molar-refractivity contribution in [1.82, 2.24) is 0 Å². The second-order valence-electron chi connectivity index (χ2n) is 7.99. The molecule has 0 N–H and O–H groups in total. The Morgan fingerprint density at radius 3 is 1.65 bits per heavy atom. The Morgan fingerprint density at radius 2 is 1.18 bits per heavy atom. The maximum absolute atomic E-state index is 6.17. The van der Waals surface area contributed by atoms with Gasteiger partial charge in [0.05, 0.1) is 7.11 Å². The molecule has 0 aromatic heterocycles. The van der Waals surface area contributed by atoms with E-state index in [1.807, 2.05) is 26.0 Å². The predicted octanol–water partition coefficient (Wildman–Crippen LogP) is 8.98. The lowest BCUT2D eigenvalue weighted by Gasteiger charge is -2.17. The van der Waals surface area contributed by atoms with Crippen LogP contribution < -0.4 is 9.47 Å². The average Bonchev–Trinajstić information content (AvgIpc) is 2.93. The molecule has 4 aromatic carbocycles. The fraction of sp³-hybridized carbons (Fsp3) is 0.250. The minimum Gasteiger partial charge on any atom is -0.495 e. The molecular weight excluding hydrogens is 416 g/mol.